The van der Waals surface area contributed by atoms with Gasteiger partial charge in [-0.15, -0.1) is 0 Å². The Morgan fingerprint density at radius 3 is 2.62 bits per heavy atom. The summed E-state index contributed by atoms with van der Waals surface area (Å²) in [6, 6.07) is 12.9. The highest BCUT2D eigenvalue weighted by atomic mass is 35.5. The van der Waals surface area contributed by atoms with Crippen molar-refractivity contribution < 1.29 is 4.79 Å². The largest absolute Gasteiger partial charge is 0.324 e. The second-order valence-corrected chi connectivity index (χ2v) is 6.46. The van der Waals surface area contributed by atoms with Gasteiger partial charge in [0.2, 0.25) is 5.95 Å². The van der Waals surface area contributed by atoms with Crippen molar-refractivity contribution in [2.45, 2.75) is 20.8 Å². The molecule has 0 radical (unpaired) electrons. The monoisotopic (exact) mass is 366 g/mol. The molecule has 0 fully saturated rings. The average molecular weight is 367 g/mol. The van der Waals surface area contributed by atoms with E-state index in [0.29, 0.717) is 16.7 Å². The molecule has 2 N–H and O–H groups in total. The smallest absolute Gasteiger partial charge is 0.274 e. The standard InChI is InChI=1S/C20H19ClN4O/c1-12-5-4-6-17(14(12)3)24-20-22-10-9-18(25-20)19(26)23-15-8-7-13(2)16(21)11-15/h4-11H,1-3H3,(H,23,26)(H,22,24,25). The Hall–Kier alpha value is -2.92. The number of hydrogen-bond donors (Lipinski definition) is 2. The van der Waals surface area contributed by atoms with Crippen LogP contribution in [0.5, 0.6) is 0 Å². The molecule has 0 saturated heterocycles. The lowest BCUT2D eigenvalue weighted by Crippen LogP contribution is -2.15. The van der Waals surface area contributed by atoms with Crippen molar-refractivity contribution in [3.63, 3.8) is 0 Å². The molecule has 1 aromatic heterocycles. The van der Waals surface area contributed by atoms with Gasteiger partial charge in [0.25, 0.3) is 5.91 Å². The number of amides is 1. The Balaban J connectivity index is 1.79. The zero-order valence-corrected chi connectivity index (χ0v) is 15.6. The molecule has 3 rings (SSSR count). The molecule has 3 aromatic rings. The molecule has 5 nitrogen and oxygen atoms in total. The summed E-state index contributed by atoms with van der Waals surface area (Å²) in [6.45, 7) is 5.97. The molecule has 0 saturated carbocycles. The van der Waals surface area contributed by atoms with Crippen LogP contribution in [0.15, 0.2) is 48.7 Å². The molecule has 132 valence electrons. The fraction of sp³-hybridized carbons (Fsp3) is 0.150. The Morgan fingerprint density at radius 2 is 1.85 bits per heavy atom. The Morgan fingerprint density at radius 1 is 1.04 bits per heavy atom. The van der Waals surface area contributed by atoms with Crippen LogP contribution in [0.3, 0.4) is 0 Å². The van der Waals surface area contributed by atoms with Gasteiger partial charge in [-0.05, 0) is 61.7 Å². The number of hydrogen-bond acceptors (Lipinski definition) is 4. The van der Waals surface area contributed by atoms with Gasteiger partial charge in [0, 0.05) is 22.6 Å². The molecule has 1 amide bonds. The first-order chi connectivity index (χ1) is 12.4. The van der Waals surface area contributed by atoms with Crippen LogP contribution in [0.25, 0.3) is 0 Å². The van der Waals surface area contributed by atoms with Crippen LogP contribution in [0, 0.1) is 20.8 Å². The number of aromatic nitrogens is 2. The number of nitrogens with one attached hydrogen (secondary N) is 2. The highest BCUT2D eigenvalue weighted by Crippen LogP contribution is 2.22. The summed E-state index contributed by atoms with van der Waals surface area (Å²) in [5.74, 6) is 0.0459. The van der Waals surface area contributed by atoms with Crippen LogP contribution in [0.2, 0.25) is 5.02 Å². The molecule has 6 heteroatoms. The number of benzene rings is 2. The van der Waals surface area contributed by atoms with E-state index in [1.807, 2.05) is 45.0 Å². The Kier molecular flexibility index (Phi) is 5.19. The van der Waals surface area contributed by atoms with Crippen LogP contribution in [0.4, 0.5) is 17.3 Å². The fourth-order valence-corrected chi connectivity index (χ4v) is 2.60. The zero-order valence-electron chi connectivity index (χ0n) is 14.8. The minimum absolute atomic E-state index is 0.268. The number of carbonyl (C=O) groups excluding carboxylic acids is 1. The van der Waals surface area contributed by atoms with E-state index >= 15 is 0 Å². The molecule has 0 unspecified atom stereocenters. The third-order valence-corrected chi connectivity index (χ3v) is 4.58. The summed E-state index contributed by atoms with van der Waals surface area (Å²) in [4.78, 5) is 21.0. The second-order valence-electron chi connectivity index (χ2n) is 6.06. The van der Waals surface area contributed by atoms with Crippen LogP contribution in [0.1, 0.15) is 27.2 Å². The van der Waals surface area contributed by atoms with E-state index in [9.17, 15) is 4.79 Å². The molecule has 0 aliphatic heterocycles. The third kappa shape index (κ3) is 4.00. The summed E-state index contributed by atoms with van der Waals surface area (Å²) < 4.78 is 0. The Labute approximate surface area is 157 Å². The van der Waals surface area contributed by atoms with Gasteiger partial charge in [0.05, 0.1) is 0 Å². The third-order valence-electron chi connectivity index (χ3n) is 4.17. The van der Waals surface area contributed by atoms with Gasteiger partial charge >= 0.3 is 0 Å². The van der Waals surface area contributed by atoms with Crippen molar-refractivity contribution in [2.24, 2.45) is 0 Å². The maximum atomic E-state index is 12.5. The van der Waals surface area contributed by atoms with E-state index in [-0.39, 0.29) is 11.6 Å². The molecule has 0 atom stereocenters. The number of halogens is 1. The van der Waals surface area contributed by atoms with Gasteiger partial charge in [-0.1, -0.05) is 29.8 Å². The van der Waals surface area contributed by atoms with E-state index < -0.39 is 0 Å². The van der Waals surface area contributed by atoms with Crippen molar-refractivity contribution in [1.29, 1.82) is 0 Å². The highest BCUT2D eigenvalue weighted by Gasteiger charge is 2.11. The van der Waals surface area contributed by atoms with Gasteiger partial charge in [-0.2, -0.15) is 0 Å². The predicted molar refractivity (Wildman–Crippen MR) is 105 cm³/mol. The van der Waals surface area contributed by atoms with E-state index in [0.717, 1.165) is 16.8 Å². The number of rotatable bonds is 4. The quantitative estimate of drug-likeness (QED) is 0.678. The first-order valence-corrected chi connectivity index (χ1v) is 8.55. The van der Waals surface area contributed by atoms with Crippen LogP contribution >= 0.6 is 11.6 Å². The van der Waals surface area contributed by atoms with Gasteiger partial charge in [0.1, 0.15) is 5.69 Å². The molecule has 0 spiro atoms. The molecule has 26 heavy (non-hydrogen) atoms. The lowest BCUT2D eigenvalue weighted by molar-refractivity contribution is 0.102. The number of carbonyl (C=O) groups is 1. The second kappa shape index (κ2) is 7.54. The van der Waals surface area contributed by atoms with Gasteiger partial charge in [0.15, 0.2) is 0 Å². The summed E-state index contributed by atoms with van der Waals surface area (Å²) in [5.41, 5.74) is 5.03. The summed E-state index contributed by atoms with van der Waals surface area (Å²) in [7, 11) is 0. The van der Waals surface area contributed by atoms with Crippen LogP contribution in [-0.2, 0) is 0 Å². The lowest BCUT2D eigenvalue weighted by Gasteiger charge is -2.11. The summed E-state index contributed by atoms with van der Waals surface area (Å²) >= 11 is 6.10. The first kappa shape index (κ1) is 17.9. The van der Waals surface area contributed by atoms with Crippen molar-refractivity contribution in [3.05, 3.63) is 76.1 Å². The highest BCUT2D eigenvalue weighted by molar-refractivity contribution is 6.31. The molecular weight excluding hydrogens is 348 g/mol. The zero-order chi connectivity index (χ0) is 18.7. The van der Waals surface area contributed by atoms with Crippen LogP contribution < -0.4 is 10.6 Å². The average Bonchev–Trinajstić information content (AvgIpc) is 2.62. The van der Waals surface area contributed by atoms with Crippen molar-refractivity contribution >= 4 is 34.8 Å². The minimum atomic E-state index is -0.323. The van der Waals surface area contributed by atoms with E-state index in [2.05, 4.69) is 20.6 Å². The van der Waals surface area contributed by atoms with E-state index in [1.165, 1.54) is 5.56 Å². The molecule has 0 aliphatic carbocycles. The fourth-order valence-electron chi connectivity index (χ4n) is 2.42. The van der Waals surface area contributed by atoms with Crippen molar-refractivity contribution in [2.75, 3.05) is 10.6 Å². The van der Waals surface area contributed by atoms with Gasteiger partial charge in [-0.3, -0.25) is 4.79 Å². The molecule has 2 aromatic carbocycles. The predicted octanol–water partition coefficient (Wildman–Crippen LogP) is 5.05. The van der Waals surface area contributed by atoms with E-state index in [4.69, 9.17) is 11.6 Å². The lowest BCUT2D eigenvalue weighted by atomic mass is 10.1. The number of nitrogens with zero attached hydrogens (tertiary/aromatic N) is 2. The summed E-state index contributed by atoms with van der Waals surface area (Å²) in [6.07, 6.45) is 1.55. The van der Waals surface area contributed by atoms with Gasteiger partial charge in [-0.25, -0.2) is 9.97 Å². The van der Waals surface area contributed by atoms with E-state index in [1.54, 1.807) is 24.4 Å². The minimum Gasteiger partial charge on any atom is -0.324 e. The van der Waals surface area contributed by atoms with Crippen molar-refractivity contribution in [1.82, 2.24) is 9.97 Å². The van der Waals surface area contributed by atoms with Crippen molar-refractivity contribution in [3.8, 4) is 0 Å². The molecular formula is C20H19ClN4O. The molecule has 0 bridgehead atoms. The maximum absolute atomic E-state index is 12.5. The SMILES string of the molecule is Cc1ccc(NC(=O)c2ccnc(Nc3cccc(C)c3C)n2)cc1Cl. The molecule has 0 aliphatic rings. The maximum Gasteiger partial charge on any atom is 0.274 e. The topological polar surface area (TPSA) is 66.9 Å². The molecule has 1 heterocycles. The number of aryl methyl sites for hydroxylation is 2. The van der Waals surface area contributed by atoms with Gasteiger partial charge < -0.3 is 10.6 Å². The number of anilines is 3. The normalized spacial score (nSPS) is 10.5. The summed E-state index contributed by atoms with van der Waals surface area (Å²) in [5, 5.41) is 6.56. The first-order valence-electron chi connectivity index (χ1n) is 8.18. The van der Waals surface area contributed by atoms with Crippen LogP contribution in [-0.4, -0.2) is 15.9 Å². The Bertz CT molecular complexity index is 972.